The van der Waals surface area contributed by atoms with Crippen molar-refractivity contribution in [2.75, 3.05) is 7.05 Å². The molecule has 170 valence electrons. The molecule has 0 unspecified atom stereocenters. The smallest absolute Gasteiger partial charge is 0.238 e. The van der Waals surface area contributed by atoms with Crippen LogP contribution < -0.4 is 20.5 Å². The number of para-hydroxylation sites is 1. The van der Waals surface area contributed by atoms with Crippen molar-refractivity contribution in [3.8, 4) is 11.5 Å². The number of hydrogen-bond acceptors (Lipinski definition) is 4. The Labute approximate surface area is 206 Å². The summed E-state index contributed by atoms with van der Waals surface area (Å²) < 4.78 is 28.8. The normalized spacial score (nSPS) is 11.4. The van der Waals surface area contributed by atoms with Gasteiger partial charge in [0.2, 0.25) is 10.0 Å². The van der Waals surface area contributed by atoms with Crippen molar-refractivity contribution in [3.63, 3.8) is 0 Å². The molecule has 0 radical (unpaired) electrons. The molecule has 0 saturated carbocycles. The number of benzene rings is 3. The fourth-order valence-corrected chi connectivity index (χ4v) is 3.42. The Kier molecular flexibility index (Phi) is 9.48. The van der Waals surface area contributed by atoms with Crippen LogP contribution in [0.4, 0.5) is 0 Å². The maximum absolute atomic E-state index is 11.4. The zero-order chi connectivity index (χ0) is 22.3. The monoisotopic (exact) mass is 566 g/mol. The fourth-order valence-electron chi connectivity index (χ4n) is 2.90. The lowest BCUT2D eigenvalue weighted by molar-refractivity contribution is 0.474. The average Bonchev–Trinajstić information content (AvgIpc) is 2.75. The van der Waals surface area contributed by atoms with Crippen LogP contribution in [0.15, 0.2) is 82.7 Å². The number of aliphatic imine (C=N–C) groups is 1. The molecule has 3 aromatic carbocycles. The van der Waals surface area contributed by atoms with Crippen LogP contribution >= 0.6 is 24.0 Å². The average molecular weight is 566 g/mol. The lowest BCUT2D eigenvalue weighted by Crippen LogP contribution is -2.36. The molecule has 0 spiro atoms. The van der Waals surface area contributed by atoms with E-state index in [0.717, 1.165) is 28.2 Å². The van der Waals surface area contributed by atoms with E-state index in [9.17, 15) is 8.42 Å². The standard InChI is InChI=1S/C23H26N4O3S.HI/c1-17-8-11-19(22(14-17)30-20-6-4-3-5-7-20)16-27-23(25-2)26-15-18-9-12-21(13-10-18)31(24,28)29;/h3-14H,15-16H2,1-2H3,(H2,24,28,29)(H2,25,26,27);1H. The quantitative estimate of drug-likeness (QED) is 0.229. The van der Waals surface area contributed by atoms with Crippen LogP contribution in [-0.4, -0.2) is 21.4 Å². The highest BCUT2D eigenvalue weighted by molar-refractivity contribution is 14.0. The fraction of sp³-hybridized carbons (Fsp3) is 0.174. The minimum atomic E-state index is -3.69. The van der Waals surface area contributed by atoms with Crippen molar-refractivity contribution < 1.29 is 13.2 Å². The minimum absolute atomic E-state index is 0. The van der Waals surface area contributed by atoms with Crippen molar-refractivity contribution in [2.45, 2.75) is 24.9 Å². The molecule has 0 aliphatic heterocycles. The Hall–Kier alpha value is -2.63. The van der Waals surface area contributed by atoms with Crippen molar-refractivity contribution in [3.05, 3.63) is 89.5 Å². The predicted molar refractivity (Wildman–Crippen MR) is 138 cm³/mol. The molecule has 7 nitrogen and oxygen atoms in total. The van der Waals surface area contributed by atoms with E-state index in [2.05, 4.69) is 15.6 Å². The van der Waals surface area contributed by atoms with E-state index in [1.54, 1.807) is 19.2 Å². The molecular weight excluding hydrogens is 539 g/mol. The number of ether oxygens (including phenoxy) is 1. The Morgan fingerprint density at radius 1 is 0.969 bits per heavy atom. The van der Waals surface area contributed by atoms with Crippen LogP contribution in [-0.2, 0) is 23.1 Å². The molecule has 0 aromatic heterocycles. The van der Waals surface area contributed by atoms with Crippen molar-refractivity contribution in [2.24, 2.45) is 10.1 Å². The number of guanidine groups is 1. The Morgan fingerprint density at radius 3 is 2.25 bits per heavy atom. The second-order valence-electron chi connectivity index (χ2n) is 6.99. The zero-order valence-corrected chi connectivity index (χ0v) is 21.1. The van der Waals surface area contributed by atoms with E-state index in [0.29, 0.717) is 19.0 Å². The molecule has 0 saturated heterocycles. The molecule has 4 N–H and O–H groups in total. The molecule has 0 aliphatic rings. The summed E-state index contributed by atoms with van der Waals surface area (Å²) >= 11 is 0. The van der Waals surface area contributed by atoms with Gasteiger partial charge in [-0.2, -0.15) is 0 Å². The number of nitrogens with two attached hydrogens (primary N) is 1. The Morgan fingerprint density at radius 2 is 1.62 bits per heavy atom. The van der Waals surface area contributed by atoms with Gasteiger partial charge in [-0.05, 0) is 48.4 Å². The SMILES string of the molecule is CN=C(NCc1ccc(S(N)(=O)=O)cc1)NCc1ccc(C)cc1Oc1ccccc1.I. The summed E-state index contributed by atoms with van der Waals surface area (Å²) in [5.74, 6) is 2.18. The molecule has 0 fully saturated rings. The van der Waals surface area contributed by atoms with Crippen LogP contribution in [0.3, 0.4) is 0 Å². The second kappa shape index (κ2) is 11.8. The molecule has 3 aromatic rings. The van der Waals surface area contributed by atoms with E-state index in [1.807, 2.05) is 55.5 Å². The third-order valence-electron chi connectivity index (χ3n) is 4.58. The van der Waals surface area contributed by atoms with Gasteiger partial charge >= 0.3 is 0 Å². The molecule has 9 heteroatoms. The number of hydrogen-bond donors (Lipinski definition) is 3. The van der Waals surface area contributed by atoms with Gasteiger partial charge in [-0.25, -0.2) is 13.6 Å². The van der Waals surface area contributed by atoms with Crippen LogP contribution in [0.25, 0.3) is 0 Å². The number of sulfonamides is 1. The highest BCUT2D eigenvalue weighted by atomic mass is 127. The predicted octanol–water partition coefficient (Wildman–Crippen LogP) is 3.92. The summed E-state index contributed by atoms with van der Waals surface area (Å²) in [5.41, 5.74) is 3.01. The van der Waals surface area contributed by atoms with Crippen LogP contribution in [0.5, 0.6) is 11.5 Å². The minimum Gasteiger partial charge on any atom is -0.457 e. The first-order valence-corrected chi connectivity index (χ1v) is 11.3. The number of primary sulfonamides is 1. The molecule has 0 bridgehead atoms. The Balaban J connectivity index is 0.00000363. The third kappa shape index (κ3) is 7.50. The molecule has 0 atom stereocenters. The Bertz CT molecular complexity index is 1150. The highest BCUT2D eigenvalue weighted by Crippen LogP contribution is 2.26. The largest absolute Gasteiger partial charge is 0.457 e. The lowest BCUT2D eigenvalue weighted by atomic mass is 10.1. The van der Waals surface area contributed by atoms with Gasteiger partial charge < -0.3 is 15.4 Å². The van der Waals surface area contributed by atoms with E-state index in [1.165, 1.54) is 12.1 Å². The number of nitrogens with one attached hydrogen (secondary N) is 2. The van der Waals surface area contributed by atoms with Gasteiger partial charge in [-0.3, -0.25) is 4.99 Å². The molecule has 32 heavy (non-hydrogen) atoms. The molecule has 3 rings (SSSR count). The molecular formula is C23H27IN4O3S. The molecule has 0 heterocycles. The van der Waals surface area contributed by atoms with Gasteiger partial charge in [-0.1, -0.05) is 42.5 Å². The van der Waals surface area contributed by atoms with Crippen LogP contribution in [0, 0.1) is 6.92 Å². The number of halogens is 1. The van der Waals surface area contributed by atoms with E-state index in [4.69, 9.17) is 9.88 Å². The lowest BCUT2D eigenvalue weighted by Gasteiger charge is -2.15. The maximum atomic E-state index is 11.4. The van der Waals surface area contributed by atoms with E-state index >= 15 is 0 Å². The second-order valence-corrected chi connectivity index (χ2v) is 8.56. The molecule has 0 amide bonds. The van der Waals surface area contributed by atoms with Crippen LogP contribution in [0.2, 0.25) is 0 Å². The summed E-state index contributed by atoms with van der Waals surface area (Å²) in [5, 5.41) is 11.6. The molecule has 0 aliphatic carbocycles. The summed E-state index contributed by atoms with van der Waals surface area (Å²) in [4.78, 5) is 4.33. The zero-order valence-electron chi connectivity index (χ0n) is 17.9. The van der Waals surface area contributed by atoms with Gasteiger partial charge in [-0.15, -0.1) is 24.0 Å². The van der Waals surface area contributed by atoms with Gasteiger partial charge in [0, 0.05) is 25.7 Å². The first kappa shape index (κ1) is 25.6. The van der Waals surface area contributed by atoms with Crippen molar-refractivity contribution >= 4 is 40.0 Å². The first-order valence-electron chi connectivity index (χ1n) is 9.74. The summed E-state index contributed by atoms with van der Waals surface area (Å²) in [6, 6.07) is 22.1. The highest BCUT2D eigenvalue weighted by Gasteiger charge is 2.09. The summed E-state index contributed by atoms with van der Waals surface area (Å²) in [6.45, 7) is 3.02. The van der Waals surface area contributed by atoms with Gasteiger partial charge in [0.05, 0.1) is 4.90 Å². The maximum Gasteiger partial charge on any atom is 0.238 e. The number of nitrogens with zero attached hydrogens (tertiary/aromatic N) is 1. The number of rotatable bonds is 7. The number of aryl methyl sites for hydroxylation is 1. The first-order chi connectivity index (χ1) is 14.8. The van der Waals surface area contributed by atoms with Crippen LogP contribution in [0.1, 0.15) is 16.7 Å². The topological polar surface area (TPSA) is 106 Å². The van der Waals surface area contributed by atoms with E-state index < -0.39 is 10.0 Å². The summed E-state index contributed by atoms with van der Waals surface area (Å²) in [7, 11) is -2.00. The third-order valence-corrected chi connectivity index (χ3v) is 5.50. The van der Waals surface area contributed by atoms with Crippen molar-refractivity contribution in [1.82, 2.24) is 10.6 Å². The van der Waals surface area contributed by atoms with Crippen molar-refractivity contribution in [1.29, 1.82) is 0 Å². The summed E-state index contributed by atoms with van der Waals surface area (Å²) in [6.07, 6.45) is 0. The van der Waals surface area contributed by atoms with Gasteiger partial charge in [0.1, 0.15) is 11.5 Å². The van der Waals surface area contributed by atoms with Gasteiger partial charge in [0.25, 0.3) is 0 Å². The van der Waals surface area contributed by atoms with E-state index in [-0.39, 0.29) is 28.9 Å². The van der Waals surface area contributed by atoms with Gasteiger partial charge in [0.15, 0.2) is 5.96 Å².